The number of hydrogen-bond donors (Lipinski definition) is 1. The van der Waals surface area contributed by atoms with Gasteiger partial charge in [0.05, 0.1) is 24.3 Å². The molecule has 2 N–H and O–H groups in total. The van der Waals surface area contributed by atoms with Gasteiger partial charge in [-0.05, 0) is 36.8 Å². The number of aryl methyl sites for hydroxylation is 1. The van der Waals surface area contributed by atoms with Gasteiger partial charge in [0.1, 0.15) is 0 Å². The summed E-state index contributed by atoms with van der Waals surface area (Å²) in [6, 6.07) is 8.87. The molecule has 0 spiro atoms. The number of pyridine rings is 1. The number of nitrogens with zero attached hydrogens (tertiary/aromatic N) is 2. The third kappa shape index (κ3) is 2.64. The van der Waals surface area contributed by atoms with Crippen molar-refractivity contribution in [1.82, 2.24) is 9.88 Å². The lowest BCUT2D eigenvalue weighted by molar-refractivity contribution is -0.113. The van der Waals surface area contributed by atoms with Gasteiger partial charge in [-0.1, -0.05) is 6.07 Å². The zero-order chi connectivity index (χ0) is 15.9. The highest BCUT2D eigenvalue weighted by atomic mass is 19.3. The number of hydrogen-bond acceptors (Lipinski definition) is 3. The fraction of sp³-hybridized carbons (Fsp3) is 0.250. The van der Waals surface area contributed by atoms with E-state index in [0.717, 1.165) is 16.0 Å². The number of aromatic nitrogens is 1. The minimum Gasteiger partial charge on any atom is -0.399 e. The molecule has 6 heteroatoms. The summed E-state index contributed by atoms with van der Waals surface area (Å²) in [5, 5.41) is 0. The van der Waals surface area contributed by atoms with Crippen LogP contribution in [0.15, 0.2) is 36.5 Å². The molecule has 3 rings (SSSR count). The first kappa shape index (κ1) is 14.4. The van der Waals surface area contributed by atoms with Gasteiger partial charge in [0.25, 0.3) is 11.8 Å². The Morgan fingerprint density at radius 3 is 2.55 bits per heavy atom. The summed E-state index contributed by atoms with van der Waals surface area (Å²) in [5.41, 5.74) is 9.33. The molecule has 1 amide bonds. The number of carbonyl (C=O) groups excluding carboxylic acids is 1. The Labute approximate surface area is 126 Å². The number of amides is 1. The number of halogens is 2. The summed E-state index contributed by atoms with van der Waals surface area (Å²) in [4.78, 5) is 17.4. The molecule has 2 aromatic rings. The standard InChI is InChI=1S/C16H15F2N3O/c1-10-6-11(2-4-13(10)19)14-5-3-12(7-20-14)15(22)21-8-16(17,18)9-21/h2-7H,8-9,19H2,1H3. The Balaban J connectivity index is 1.78. The Morgan fingerprint density at radius 2 is 2.00 bits per heavy atom. The lowest BCUT2D eigenvalue weighted by atomic mass is 10.1. The van der Waals surface area contributed by atoms with Crippen molar-refractivity contribution >= 4 is 11.6 Å². The minimum atomic E-state index is -2.76. The smallest absolute Gasteiger partial charge is 0.282 e. The Kier molecular flexibility index (Phi) is 3.31. The highest BCUT2D eigenvalue weighted by Crippen LogP contribution is 2.28. The quantitative estimate of drug-likeness (QED) is 0.868. The van der Waals surface area contributed by atoms with E-state index in [9.17, 15) is 13.6 Å². The Hall–Kier alpha value is -2.50. The first-order valence-corrected chi connectivity index (χ1v) is 6.85. The van der Waals surface area contributed by atoms with E-state index >= 15 is 0 Å². The van der Waals surface area contributed by atoms with E-state index in [2.05, 4.69) is 4.98 Å². The van der Waals surface area contributed by atoms with E-state index in [0.29, 0.717) is 16.9 Å². The van der Waals surface area contributed by atoms with Crippen molar-refractivity contribution in [2.45, 2.75) is 12.8 Å². The second-order valence-corrected chi connectivity index (χ2v) is 5.52. The van der Waals surface area contributed by atoms with Crippen molar-refractivity contribution in [2.24, 2.45) is 0 Å². The molecular formula is C16H15F2N3O. The van der Waals surface area contributed by atoms with Gasteiger partial charge in [-0.3, -0.25) is 9.78 Å². The van der Waals surface area contributed by atoms with Crippen molar-refractivity contribution in [3.05, 3.63) is 47.7 Å². The van der Waals surface area contributed by atoms with Gasteiger partial charge in [0.15, 0.2) is 0 Å². The number of benzene rings is 1. The molecule has 2 heterocycles. The van der Waals surface area contributed by atoms with Gasteiger partial charge in [-0.15, -0.1) is 0 Å². The first-order chi connectivity index (χ1) is 10.4. The Morgan fingerprint density at radius 1 is 1.27 bits per heavy atom. The molecule has 0 unspecified atom stereocenters. The average Bonchev–Trinajstić information content (AvgIpc) is 2.47. The molecule has 1 aliphatic rings. The van der Waals surface area contributed by atoms with Crippen LogP contribution in [0.3, 0.4) is 0 Å². The maximum atomic E-state index is 12.8. The fourth-order valence-electron chi connectivity index (χ4n) is 2.36. The van der Waals surface area contributed by atoms with E-state index in [4.69, 9.17) is 5.73 Å². The predicted molar refractivity (Wildman–Crippen MR) is 79.7 cm³/mol. The van der Waals surface area contributed by atoms with E-state index in [1.54, 1.807) is 18.2 Å². The van der Waals surface area contributed by atoms with Crippen molar-refractivity contribution in [3.63, 3.8) is 0 Å². The number of carbonyl (C=O) groups is 1. The summed E-state index contributed by atoms with van der Waals surface area (Å²) < 4.78 is 25.6. The van der Waals surface area contributed by atoms with E-state index in [1.807, 2.05) is 19.1 Å². The molecule has 1 aromatic heterocycles. The third-order valence-corrected chi connectivity index (χ3v) is 3.71. The summed E-state index contributed by atoms with van der Waals surface area (Å²) in [6.07, 6.45) is 1.42. The lowest BCUT2D eigenvalue weighted by Crippen LogP contribution is -2.58. The molecule has 1 aliphatic heterocycles. The molecule has 1 aromatic carbocycles. The number of alkyl halides is 2. The molecule has 114 valence electrons. The molecule has 0 saturated carbocycles. The van der Waals surface area contributed by atoms with E-state index < -0.39 is 24.9 Å². The van der Waals surface area contributed by atoms with Gasteiger partial charge in [0.2, 0.25) is 0 Å². The van der Waals surface area contributed by atoms with Crippen LogP contribution in [-0.2, 0) is 0 Å². The molecular weight excluding hydrogens is 288 g/mol. The zero-order valence-corrected chi connectivity index (χ0v) is 12.0. The molecule has 0 atom stereocenters. The topological polar surface area (TPSA) is 59.2 Å². The summed E-state index contributed by atoms with van der Waals surface area (Å²) >= 11 is 0. The molecule has 22 heavy (non-hydrogen) atoms. The SMILES string of the molecule is Cc1cc(-c2ccc(C(=O)N3CC(F)(F)C3)cn2)ccc1N. The van der Waals surface area contributed by atoms with Crippen LogP contribution in [0.2, 0.25) is 0 Å². The number of anilines is 1. The summed E-state index contributed by atoms with van der Waals surface area (Å²) in [5.74, 6) is -3.18. The maximum absolute atomic E-state index is 12.8. The summed E-state index contributed by atoms with van der Waals surface area (Å²) in [6.45, 7) is 0.857. The van der Waals surface area contributed by atoms with Crippen LogP contribution in [0.5, 0.6) is 0 Å². The highest BCUT2D eigenvalue weighted by molar-refractivity contribution is 5.94. The number of rotatable bonds is 2. The molecule has 1 fully saturated rings. The second-order valence-electron chi connectivity index (χ2n) is 5.52. The van der Waals surface area contributed by atoms with Crippen molar-refractivity contribution in [3.8, 4) is 11.3 Å². The first-order valence-electron chi connectivity index (χ1n) is 6.85. The number of likely N-dealkylation sites (tertiary alicyclic amines) is 1. The van der Waals surface area contributed by atoms with Crippen LogP contribution < -0.4 is 5.73 Å². The lowest BCUT2D eigenvalue weighted by Gasteiger charge is -2.38. The van der Waals surface area contributed by atoms with Crippen molar-refractivity contribution in [1.29, 1.82) is 0 Å². The molecule has 0 aliphatic carbocycles. The van der Waals surface area contributed by atoms with Crippen LogP contribution in [-0.4, -0.2) is 34.8 Å². The van der Waals surface area contributed by atoms with Gasteiger partial charge in [-0.25, -0.2) is 8.78 Å². The molecule has 4 nitrogen and oxygen atoms in total. The van der Waals surface area contributed by atoms with Crippen LogP contribution in [0.4, 0.5) is 14.5 Å². The van der Waals surface area contributed by atoms with Crippen molar-refractivity contribution in [2.75, 3.05) is 18.8 Å². The zero-order valence-electron chi connectivity index (χ0n) is 12.0. The van der Waals surface area contributed by atoms with Gasteiger partial charge in [-0.2, -0.15) is 0 Å². The van der Waals surface area contributed by atoms with Crippen LogP contribution in [0, 0.1) is 6.92 Å². The van der Waals surface area contributed by atoms with E-state index in [1.165, 1.54) is 6.20 Å². The summed E-state index contributed by atoms with van der Waals surface area (Å²) in [7, 11) is 0. The normalized spacial score (nSPS) is 16.2. The monoisotopic (exact) mass is 303 g/mol. The molecule has 1 saturated heterocycles. The molecule has 0 bridgehead atoms. The minimum absolute atomic E-state index is 0.311. The van der Waals surface area contributed by atoms with Gasteiger partial charge < -0.3 is 10.6 Å². The van der Waals surface area contributed by atoms with Crippen LogP contribution in [0.25, 0.3) is 11.3 Å². The average molecular weight is 303 g/mol. The highest BCUT2D eigenvalue weighted by Gasteiger charge is 2.46. The van der Waals surface area contributed by atoms with Gasteiger partial charge in [0, 0.05) is 17.4 Å². The largest absolute Gasteiger partial charge is 0.399 e. The maximum Gasteiger partial charge on any atom is 0.282 e. The third-order valence-electron chi connectivity index (χ3n) is 3.71. The predicted octanol–water partition coefficient (Wildman–Crippen LogP) is 2.73. The fourth-order valence-corrected chi connectivity index (χ4v) is 2.36. The van der Waals surface area contributed by atoms with Crippen LogP contribution >= 0.6 is 0 Å². The van der Waals surface area contributed by atoms with Gasteiger partial charge >= 0.3 is 0 Å². The van der Waals surface area contributed by atoms with E-state index in [-0.39, 0.29) is 0 Å². The number of nitrogens with two attached hydrogens (primary N) is 1. The van der Waals surface area contributed by atoms with Crippen LogP contribution in [0.1, 0.15) is 15.9 Å². The Bertz CT molecular complexity index is 721. The number of nitrogen functional groups attached to an aromatic ring is 1. The second kappa shape index (κ2) is 5.05. The van der Waals surface area contributed by atoms with Crippen molar-refractivity contribution < 1.29 is 13.6 Å². The molecule has 0 radical (unpaired) electrons.